The molecule has 2 amide bonds. The van der Waals surface area contributed by atoms with Crippen LogP contribution in [0.2, 0.25) is 0 Å². The minimum atomic E-state index is -0.0475. The van der Waals surface area contributed by atoms with Gasteiger partial charge in [0.05, 0.1) is 0 Å². The second-order valence-electron chi connectivity index (χ2n) is 2.93. The van der Waals surface area contributed by atoms with E-state index >= 15 is 0 Å². The molecule has 0 unspecified atom stereocenters. The molecule has 0 aliphatic carbocycles. The molecular weight excluding hydrogens is 176 g/mol. The van der Waals surface area contributed by atoms with Gasteiger partial charge in [-0.05, 0) is 11.6 Å². The standard InChI is InChI=1S/C11H14N2O/c1-2-8-12-11(14)13-9-10-6-4-3-5-7-10/h2-7H,1,8-9H2,(H2,12,13,14)/p+1. The monoisotopic (exact) mass is 191 g/mol. The predicted octanol–water partition coefficient (Wildman–Crippen LogP) is 0.646. The highest BCUT2D eigenvalue weighted by molar-refractivity contribution is 5.63. The lowest BCUT2D eigenvalue weighted by molar-refractivity contribution is -0.546. The summed E-state index contributed by atoms with van der Waals surface area (Å²) < 4.78 is 0. The number of amides is 2. The molecule has 0 aromatic heterocycles. The van der Waals surface area contributed by atoms with Crippen LogP contribution in [0.5, 0.6) is 0 Å². The van der Waals surface area contributed by atoms with Crippen LogP contribution in [-0.4, -0.2) is 12.6 Å². The highest BCUT2D eigenvalue weighted by Gasteiger charge is 2.01. The van der Waals surface area contributed by atoms with Gasteiger partial charge >= 0.3 is 6.03 Å². The maximum absolute atomic E-state index is 11.2. The first kappa shape index (κ1) is 10.5. The van der Waals surface area contributed by atoms with Crippen molar-refractivity contribution in [3.8, 4) is 0 Å². The first-order chi connectivity index (χ1) is 6.83. The second-order valence-corrected chi connectivity index (χ2v) is 2.93. The van der Waals surface area contributed by atoms with Crippen molar-refractivity contribution in [1.29, 1.82) is 0 Å². The molecule has 0 heterocycles. The zero-order valence-electron chi connectivity index (χ0n) is 8.07. The van der Waals surface area contributed by atoms with E-state index in [9.17, 15) is 4.79 Å². The average Bonchev–Trinajstić information content (AvgIpc) is 2.25. The van der Waals surface area contributed by atoms with Crippen LogP contribution in [0.3, 0.4) is 0 Å². The van der Waals surface area contributed by atoms with Gasteiger partial charge in [-0.3, -0.25) is 5.32 Å². The molecule has 0 spiro atoms. The van der Waals surface area contributed by atoms with Crippen LogP contribution in [0.1, 0.15) is 5.56 Å². The lowest BCUT2D eigenvalue weighted by atomic mass is 10.2. The molecule has 0 bridgehead atoms. The van der Waals surface area contributed by atoms with E-state index in [-0.39, 0.29) is 6.03 Å². The van der Waals surface area contributed by atoms with Crippen molar-refractivity contribution < 1.29 is 10.1 Å². The topological polar surface area (TPSA) is 45.7 Å². The molecule has 3 heteroatoms. The summed E-state index contributed by atoms with van der Waals surface area (Å²) >= 11 is 0. The maximum atomic E-state index is 11.2. The number of rotatable bonds is 4. The number of quaternary nitrogens is 1. The summed E-state index contributed by atoms with van der Waals surface area (Å²) in [6.45, 7) is 4.73. The third kappa shape index (κ3) is 3.87. The Hall–Kier alpha value is -1.61. The van der Waals surface area contributed by atoms with Gasteiger partial charge in [0, 0.05) is 6.54 Å². The van der Waals surface area contributed by atoms with E-state index in [1.165, 1.54) is 0 Å². The highest BCUT2D eigenvalue weighted by Crippen LogP contribution is 1.96. The van der Waals surface area contributed by atoms with Gasteiger partial charge in [-0.15, -0.1) is 0 Å². The Kier molecular flexibility index (Phi) is 4.44. The number of hydrogen-bond acceptors (Lipinski definition) is 1. The summed E-state index contributed by atoms with van der Waals surface area (Å²) in [5.41, 5.74) is 1.10. The average molecular weight is 191 g/mol. The van der Waals surface area contributed by atoms with Gasteiger partial charge < -0.3 is 5.32 Å². The van der Waals surface area contributed by atoms with Gasteiger partial charge in [0.25, 0.3) is 0 Å². The van der Waals surface area contributed by atoms with Crippen molar-refractivity contribution in [3.05, 3.63) is 48.6 Å². The summed E-state index contributed by atoms with van der Waals surface area (Å²) in [7, 11) is 0. The van der Waals surface area contributed by atoms with Crippen LogP contribution < -0.4 is 10.6 Å². The lowest BCUT2D eigenvalue weighted by Crippen LogP contribution is -2.90. The lowest BCUT2D eigenvalue weighted by Gasteiger charge is -2.01. The van der Waals surface area contributed by atoms with Crippen LogP contribution in [0.15, 0.2) is 43.0 Å². The van der Waals surface area contributed by atoms with Crippen LogP contribution in [0.4, 0.5) is 4.79 Å². The molecule has 0 aliphatic heterocycles. The van der Waals surface area contributed by atoms with Crippen molar-refractivity contribution in [2.24, 2.45) is 0 Å². The highest BCUT2D eigenvalue weighted by atomic mass is 16.2. The Balaban J connectivity index is 2.27. The van der Waals surface area contributed by atoms with Gasteiger partial charge in [-0.2, -0.15) is 0 Å². The quantitative estimate of drug-likeness (QED) is 0.674. The normalized spacial score (nSPS) is 9.43. The van der Waals surface area contributed by atoms with Crippen LogP contribution >= 0.6 is 0 Å². The number of carbonyl (C=O) groups excluding carboxylic acids is 1. The molecule has 1 aromatic rings. The van der Waals surface area contributed by atoms with Crippen molar-refractivity contribution in [3.63, 3.8) is 0 Å². The van der Waals surface area contributed by atoms with E-state index in [4.69, 9.17) is 0 Å². The number of carbonyl (C=O) groups is 1. The smallest absolute Gasteiger partial charge is 0.302 e. The van der Waals surface area contributed by atoms with E-state index in [1.54, 1.807) is 11.4 Å². The molecule has 1 rings (SSSR count). The molecule has 0 fully saturated rings. The number of urea groups is 1. The first-order valence-corrected chi connectivity index (χ1v) is 4.59. The number of benzene rings is 1. The Labute approximate surface area is 83.8 Å². The summed E-state index contributed by atoms with van der Waals surface area (Å²) in [6, 6.07) is 9.77. The predicted molar refractivity (Wildman–Crippen MR) is 55.7 cm³/mol. The molecule has 3 N–H and O–H groups in total. The number of nitrogens with one attached hydrogen (secondary N) is 1. The van der Waals surface area contributed by atoms with Gasteiger partial charge in [0.1, 0.15) is 6.54 Å². The van der Waals surface area contributed by atoms with Crippen molar-refractivity contribution in [2.75, 3.05) is 6.54 Å². The zero-order valence-corrected chi connectivity index (χ0v) is 8.07. The molecule has 14 heavy (non-hydrogen) atoms. The molecule has 74 valence electrons. The van der Waals surface area contributed by atoms with Crippen molar-refractivity contribution >= 4 is 6.03 Å². The van der Waals surface area contributed by atoms with Crippen LogP contribution in [-0.2, 0) is 6.54 Å². The molecule has 0 saturated heterocycles. The maximum Gasteiger partial charge on any atom is 0.413 e. The van der Waals surface area contributed by atoms with E-state index in [1.807, 2.05) is 30.3 Å². The summed E-state index contributed by atoms with van der Waals surface area (Å²) in [4.78, 5) is 11.2. The zero-order chi connectivity index (χ0) is 10.2. The van der Waals surface area contributed by atoms with E-state index in [2.05, 4.69) is 11.9 Å². The minimum absolute atomic E-state index is 0.0475. The van der Waals surface area contributed by atoms with Crippen molar-refractivity contribution in [1.82, 2.24) is 5.32 Å². The van der Waals surface area contributed by atoms with Gasteiger partial charge in [-0.25, -0.2) is 4.79 Å². The summed E-state index contributed by atoms with van der Waals surface area (Å²) in [6.07, 6.45) is 1.70. The van der Waals surface area contributed by atoms with E-state index < -0.39 is 0 Å². The molecule has 3 nitrogen and oxygen atoms in total. The third-order valence-electron chi connectivity index (χ3n) is 1.78. The molecule has 0 atom stereocenters. The molecule has 0 radical (unpaired) electrons. The van der Waals surface area contributed by atoms with Gasteiger partial charge in [0.15, 0.2) is 0 Å². The third-order valence-corrected chi connectivity index (χ3v) is 1.78. The molecule has 0 saturated carbocycles. The van der Waals surface area contributed by atoms with Gasteiger partial charge in [-0.1, -0.05) is 36.9 Å². The van der Waals surface area contributed by atoms with E-state index in [0.29, 0.717) is 13.1 Å². The van der Waals surface area contributed by atoms with Crippen LogP contribution in [0.25, 0.3) is 0 Å². The molecule has 0 aliphatic rings. The number of primary amides is 1. The summed E-state index contributed by atoms with van der Waals surface area (Å²) in [5, 5.41) is 4.37. The fourth-order valence-electron chi connectivity index (χ4n) is 1.05. The Morgan fingerprint density at radius 2 is 2.14 bits per heavy atom. The number of nitrogens with two attached hydrogens (primary N) is 1. The molecular formula is C11H15N2O+. The largest absolute Gasteiger partial charge is 0.413 e. The Morgan fingerprint density at radius 1 is 1.43 bits per heavy atom. The van der Waals surface area contributed by atoms with Gasteiger partial charge in [0.2, 0.25) is 0 Å². The van der Waals surface area contributed by atoms with Crippen LogP contribution in [0, 0.1) is 0 Å². The second kappa shape index (κ2) is 5.94. The Bertz CT molecular complexity index is 295. The number of hydrogen-bond donors (Lipinski definition) is 2. The Morgan fingerprint density at radius 3 is 2.79 bits per heavy atom. The first-order valence-electron chi connectivity index (χ1n) is 4.59. The fourth-order valence-corrected chi connectivity index (χ4v) is 1.05. The minimum Gasteiger partial charge on any atom is -0.302 e. The fraction of sp³-hybridized carbons (Fsp3) is 0.182. The molecule has 1 aromatic carbocycles. The summed E-state index contributed by atoms with van der Waals surface area (Å²) in [5.74, 6) is 0. The SMILES string of the molecule is C=CC[NH2+]C(=O)NCc1ccccc1. The van der Waals surface area contributed by atoms with Crippen molar-refractivity contribution in [2.45, 2.75) is 6.54 Å². The van der Waals surface area contributed by atoms with E-state index in [0.717, 1.165) is 5.56 Å².